The van der Waals surface area contributed by atoms with Crippen LogP contribution >= 0.6 is 0 Å². The summed E-state index contributed by atoms with van der Waals surface area (Å²) < 4.78 is 33.6. The Morgan fingerprint density at radius 3 is 2.60 bits per heavy atom. The lowest BCUT2D eigenvalue weighted by Gasteiger charge is -2.33. The summed E-state index contributed by atoms with van der Waals surface area (Å²) in [4.78, 5) is 23.2. The Hall–Kier alpha value is -2.88. The van der Waals surface area contributed by atoms with Gasteiger partial charge >= 0.3 is 18.2 Å². The first-order valence-corrected chi connectivity index (χ1v) is 9.50. The first-order valence-electron chi connectivity index (χ1n) is 9.50. The van der Waals surface area contributed by atoms with Crippen molar-refractivity contribution in [1.82, 2.24) is 25.2 Å². The standard InChI is InChI=1S/C15H23N7O.C2HF3O2/c16-7-11-3-4-12(6-11)18-15(23)21-5-1-2-14(10-21)22-9-13(8-17)19-20-22;3-2(4,5)1(6)7/h9,11-12,14H,1-6,8,10,17H2,(H,18,23);(H,6,7)/t11-,12+,14?;/m0./s1. The molecule has 0 spiro atoms. The zero-order valence-corrected chi connectivity index (χ0v) is 16.2. The minimum absolute atomic E-state index is 0.0301. The van der Waals surface area contributed by atoms with Crippen LogP contribution in [0.2, 0.25) is 0 Å². The number of nitrogens with zero attached hydrogens (tertiary/aromatic N) is 5. The third-order valence-electron chi connectivity index (χ3n) is 5.01. The van der Waals surface area contributed by atoms with Crippen molar-refractivity contribution in [2.24, 2.45) is 11.7 Å². The minimum atomic E-state index is -5.08. The maximum Gasteiger partial charge on any atom is 0.490 e. The number of urea groups is 1. The summed E-state index contributed by atoms with van der Waals surface area (Å²) in [5.74, 6) is -2.67. The number of piperidine rings is 1. The molecule has 0 radical (unpaired) electrons. The van der Waals surface area contributed by atoms with E-state index in [0.717, 1.165) is 44.3 Å². The molecule has 1 aromatic heterocycles. The number of carbonyl (C=O) groups is 2. The maximum atomic E-state index is 12.5. The molecule has 2 amide bonds. The summed E-state index contributed by atoms with van der Waals surface area (Å²) in [6.07, 6.45) is 1.25. The van der Waals surface area contributed by atoms with Gasteiger partial charge in [-0.1, -0.05) is 5.21 Å². The van der Waals surface area contributed by atoms with Gasteiger partial charge in [0.1, 0.15) is 0 Å². The summed E-state index contributed by atoms with van der Waals surface area (Å²) in [6.45, 7) is 1.77. The van der Waals surface area contributed by atoms with Gasteiger partial charge in [0.2, 0.25) is 0 Å². The second-order valence-corrected chi connectivity index (χ2v) is 7.22. The number of carbonyl (C=O) groups excluding carboxylic acids is 1. The van der Waals surface area contributed by atoms with Crippen molar-refractivity contribution in [2.75, 3.05) is 13.1 Å². The number of likely N-dealkylation sites (tertiary alicyclic amines) is 1. The van der Waals surface area contributed by atoms with Crippen molar-refractivity contribution in [1.29, 1.82) is 5.26 Å². The highest BCUT2D eigenvalue weighted by atomic mass is 19.4. The number of alkyl halides is 3. The number of halogens is 3. The van der Waals surface area contributed by atoms with Gasteiger partial charge in [-0.25, -0.2) is 14.3 Å². The lowest BCUT2D eigenvalue weighted by atomic mass is 10.1. The predicted molar refractivity (Wildman–Crippen MR) is 96.7 cm³/mol. The molecule has 1 aliphatic heterocycles. The molecule has 13 heteroatoms. The molecular formula is C17H24F3N7O3. The molecule has 4 N–H and O–H groups in total. The van der Waals surface area contributed by atoms with Crippen LogP contribution in [0.5, 0.6) is 0 Å². The number of aromatic nitrogens is 3. The smallest absolute Gasteiger partial charge is 0.475 e. The first kappa shape index (κ1) is 23.4. The number of carboxylic acids is 1. The highest BCUT2D eigenvalue weighted by Crippen LogP contribution is 2.26. The Morgan fingerprint density at radius 2 is 2.07 bits per heavy atom. The number of rotatable bonds is 3. The van der Waals surface area contributed by atoms with Gasteiger partial charge in [0.25, 0.3) is 0 Å². The van der Waals surface area contributed by atoms with Gasteiger partial charge in [-0.3, -0.25) is 0 Å². The van der Waals surface area contributed by atoms with E-state index in [1.54, 1.807) is 0 Å². The lowest BCUT2D eigenvalue weighted by molar-refractivity contribution is -0.192. The van der Waals surface area contributed by atoms with E-state index >= 15 is 0 Å². The largest absolute Gasteiger partial charge is 0.490 e. The fraction of sp³-hybridized carbons (Fsp3) is 0.706. The molecule has 2 fully saturated rings. The summed E-state index contributed by atoms with van der Waals surface area (Å²) in [5, 5.41) is 27.3. The average Bonchev–Trinajstić information content (AvgIpc) is 3.37. The summed E-state index contributed by atoms with van der Waals surface area (Å²) >= 11 is 0. The fourth-order valence-electron chi connectivity index (χ4n) is 3.44. The molecule has 30 heavy (non-hydrogen) atoms. The molecule has 2 aliphatic rings. The van der Waals surface area contributed by atoms with Crippen LogP contribution in [-0.2, 0) is 11.3 Å². The van der Waals surface area contributed by atoms with E-state index in [0.29, 0.717) is 13.1 Å². The topological polar surface area (TPSA) is 150 Å². The van der Waals surface area contributed by atoms with E-state index in [1.807, 2.05) is 15.8 Å². The molecule has 3 rings (SSSR count). The van der Waals surface area contributed by atoms with Gasteiger partial charge in [-0.15, -0.1) is 5.10 Å². The van der Waals surface area contributed by atoms with Gasteiger partial charge in [0, 0.05) is 31.6 Å². The quantitative estimate of drug-likeness (QED) is 0.655. The molecule has 2 heterocycles. The first-order chi connectivity index (χ1) is 14.1. The van der Waals surface area contributed by atoms with Crippen molar-refractivity contribution >= 4 is 12.0 Å². The Morgan fingerprint density at radius 1 is 1.37 bits per heavy atom. The number of nitriles is 1. The van der Waals surface area contributed by atoms with E-state index in [2.05, 4.69) is 21.7 Å². The fourth-order valence-corrected chi connectivity index (χ4v) is 3.44. The number of aliphatic carboxylic acids is 1. The van der Waals surface area contributed by atoms with Crippen LogP contribution < -0.4 is 11.1 Å². The molecule has 10 nitrogen and oxygen atoms in total. The van der Waals surface area contributed by atoms with Crippen LogP contribution in [0.15, 0.2) is 6.20 Å². The Kier molecular flexibility index (Phi) is 7.99. The number of carboxylic acid groups (broad SMARTS) is 1. The summed E-state index contributed by atoms with van der Waals surface area (Å²) in [5.41, 5.74) is 6.33. The zero-order valence-electron chi connectivity index (χ0n) is 16.2. The molecule has 0 bridgehead atoms. The van der Waals surface area contributed by atoms with E-state index in [1.165, 1.54) is 0 Å². The second kappa shape index (κ2) is 10.2. The van der Waals surface area contributed by atoms with Gasteiger partial charge < -0.3 is 21.1 Å². The molecular weight excluding hydrogens is 407 g/mol. The third kappa shape index (κ3) is 6.58. The maximum absolute atomic E-state index is 12.5. The molecule has 1 aliphatic carbocycles. The molecule has 0 aromatic carbocycles. The third-order valence-corrected chi connectivity index (χ3v) is 5.01. The molecule has 166 valence electrons. The number of nitrogens with one attached hydrogen (secondary N) is 1. The van der Waals surface area contributed by atoms with Crippen LogP contribution in [0.3, 0.4) is 0 Å². The van der Waals surface area contributed by atoms with Crippen molar-refractivity contribution < 1.29 is 27.9 Å². The second-order valence-electron chi connectivity index (χ2n) is 7.22. The van der Waals surface area contributed by atoms with Crippen molar-refractivity contribution in [3.05, 3.63) is 11.9 Å². The van der Waals surface area contributed by atoms with Gasteiger partial charge in [-0.05, 0) is 32.1 Å². The predicted octanol–water partition coefficient (Wildman–Crippen LogP) is 1.41. The summed E-state index contributed by atoms with van der Waals surface area (Å²) in [6, 6.07) is 2.54. The van der Waals surface area contributed by atoms with E-state index in [9.17, 15) is 18.0 Å². The monoisotopic (exact) mass is 431 g/mol. The number of amides is 2. The molecule has 1 saturated carbocycles. The SMILES string of the molecule is N#C[C@H]1CC[C@@H](NC(=O)N2CCCC(n3cc(CN)nn3)C2)C1.O=C(O)C(F)(F)F. The molecule has 3 atom stereocenters. The highest BCUT2D eigenvalue weighted by Gasteiger charge is 2.38. The Balaban J connectivity index is 0.000000396. The van der Waals surface area contributed by atoms with Crippen molar-refractivity contribution in [3.63, 3.8) is 0 Å². The molecule has 1 unspecified atom stereocenters. The van der Waals surface area contributed by atoms with Gasteiger partial charge in [-0.2, -0.15) is 18.4 Å². The van der Waals surface area contributed by atoms with Crippen molar-refractivity contribution in [2.45, 2.75) is 56.9 Å². The van der Waals surface area contributed by atoms with Crippen LogP contribution in [0.4, 0.5) is 18.0 Å². The molecule has 1 aromatic rings. The minimum Gasteiger partial charge on any atom is -0.475 e. The van der Waals surface area contributed by atoms with E-state index < -0.39 is 12.1 Å². The normalized spacial score (nSPS) is 23.8. The Bertz CT molecular complexity index is 777. The number of nitrogens with two attached hydrogens (primary N) is 1. The van der Waals surface area contributed by atoms with Gasteiger partial charge in [0.05, 0.1) is 24.0 Å². The van der Waals surface area contributed by atoms with Crippen molar-refractivity contribution in [3.8, 4) is 6.07 Å². The van der Waals surface area contributed by atoms with Crippen LogP contribution in [0, 0.1) is 17.2 Å². The lowest BCUT2D eigenvalue weighted by Crippen LogP contribution is -2.48. The summed E-state index contributed by atoms with van der Waals surface area (Å²) in [7, 11) is 0. The number of hydrogen-bond acceptors (Lipinski definition) is 6. The molecule has 1 saturated heterocycles. The van der Waals surface area contributed by atoms with E-state index in [4.69, 9.17) is 20.9 Å². The highest BCUT2D eigenvalue weighted by molar-refractivity contribution is 5.74. The van der Waals surface area contributed by atoms with E-state index in [-0.39, 0.29) is 24.0 Å². The average molecular weight is 431 g/mol. The number of hydrogen-bond donors (Lipinski definition) is 3. The van der Waals surface area contributed by atoms with Gasteiger partial charge in [0.15, 0.2) is 0 Å². The van der Waals surface area contributed by atoms with Crippen LogP contribution in [0.1, 0.15) is 43.8 Å². The van der Waals surface area contributed by atoms with Crippen LogP contribution in [0.25, 0.3) is 0 Å². The van der Waals surface area contributed by atoms with Crippen LogP contribution in [-0.4, -0.2) is 62.3 Å². The Labute approximate surface area is 170 Å². The zero-order chi connectivity index (χ0) is 22.3.